The van der Waals surface area contributed by atoms with Crippen molar-refractivity contribution in [2.75, 3.05) is 31.2 Å². The molecular weight excluding hydrogens is 240 g/mol. The van der Waals surface area contributed by atoms with E-state index in [0.717, 1.165) is 45.1 Å². The molecule has 5 nitrogen and oxygen atoms in total. The van der Waals surface area contributed by atoms with Crippen LogP contribution in [0.4, 0.5) is 5.95 Å². The first-order chi connectivity index (χ1) is 9.42. The number of rotatable bonds is 3. The predicted octanol–water partition coefficient (Wildman–Crippen LogP) is 1.21. The second-order valence-corrected chi connectivity index (χ2v) is 5.39. The van der Waals surface area contributed by atoms with Crippen LogP contribution in [-0.4, -0.2) is 48.4 Å². The van der Waals surface area contributed by atoms with Gasteiger partial charge in [-0.25, -0.2) is 9.97 Å². The lowest BCUT2D eigenvalue weighted by atomic mass is 10.0. The van der Waals surface area contributed by atoms with E-state index in [4.69, 9.17) is 4.74 Å². The molecule has 1 aromatic heterocycles. The van der Waals surface area contributed by atoms with Crippen molar-refractivity contribution in [2.45, 2.75) is 37.8 Å². The third kappa shape index (κ3) is 3.42. The molecule has 0 aliphatic carbocycles. The molecule has 1 aromatic rings. The number of nitrogens with zero attached hydrogens (tertiary/aromatic N) is 3. The Kier molecular flexibility index (Phi) is 4.25. The van der Waals surface area contributed by atoms with Crippen molar-refractivity contribution in [3.8, 4) is 0 Å². The number of ether oxygens (including phenoxy) is 1. The van der Waals surface area contributed by atoms with Crippen LogP contribution in [0, 0.1) is 0 Å². The maximum atomic E-state index is 5.41. The first-order valence-electron chi connectivity index (χ1n) is 7.27. The number of hydrogen-bond acceptors (Lipinski definition) is 5. The van der Waals surface area contributed by atoms with Gasteiger partial charge in [-0.15, -0.1) is 0 Å². The van der Waals surface area contributed by atoms with E-state index >= 15 is 0 Å². The van der Waals surface area contributed by atoms with Gasteiger partial charge in [0, 0.05) is 50.8 Å². The van der Waals surface area contributed by atoms with Gasteiger partial charge >= 0.3 is 0 Å². The Morgan fingerprint density at radius 3 is 2.68 bits per heavy atom. The van der Waals surface area contributed by atoms with E-state index in [0.29, 0.717) is 12.1 Å². The normalized spacial score (nSPS) is 25.5. The van der Waals surface area contributed by atoms with Gasteiger partial charge in [0.2, 0.25) is 5.95 Å². The van der Waals surface area contributed by atoms with E-state index in [9.17, 15) is 0 Å². The van der Waals surface area contributed by atoms with E-state index in [-0.39, 0.29) is 0 Å². The van der Waals surface area contributed by atoms with Gasteiger partial charge in [0.15, 0.2) is 0 Å². The summed E-state index contributed by atoms with van der Waals surface area (Å²) in [6.45, 7) is 3.88. The van der Waals surface area contributed by atoms with Crippen molar-refractivity contribution >= 4 is 5.95 Å². The average molecular weight is 262 g/mol. The Labute approximate surface area is 114 Å². The summed E-state index contributed by atoms with van der Waals surface area (Å²) in [4.78, 5) is 11.0. The van der Waals surface area contributed by atoms with E-state index in [2.05, 4.69) is 20.2 Å². The highest BCUT2D eigenvalue weighted by Crippen LogP contribution is 2.17. The van der Waals surface area contributed by atoms with Crippen molar-refractivity contribution < 1.29 is 4.74 Å². The number of anilines is 1. The van der Waals surface area contributed by atoms with Crippen LogP contribution in [0.25, 0.3) is 0 Å². The quantitative estimate of drug-likeness (QED) is 0.887. The molecule has 0 saturated carbocycles. The van der Waals surface area contributed by atoms with Crippen LogP contribution in [-0.2, 0) is 4.74 Å². The van der Waals surface area contributed by atoms with Gasteiger partial charge in [0.05, 0.1) is 0 Å². The molecule has 2 fully saturated rings. The van der Waals surface area contributed by atoms with Crippen molar-refractivity contribution in [1.29, 1.82) is 0 Å². The van der Waals surface area contributed by atoms with Gasteiger partial charge in [-0.3, -0.25) is 0 Å². The molecule has 1 N–H and O–H groups in total. The van der Waals surface area contributed by atoms with E-state index in [1.54, 1.807) is 0 Å². The average Bonchev–Trinajstić information content (AvgIpc) is 2.49. The Morgan fingerprint density at radius 1 is 1.11 bits per heavy atom. The Balaban J connectivity index is 1.55. The van der Waals surface area contributed by atoms with Crippen LogP contribution < -0.4 is 10.2 Å². The van der Waals surface area contributed by atoms with Gasteiger partial charge in [-0.2, -0.15) is 0 Å². The molecule has 104 valence electrons. The van der Waals surface area contributed by atoms with Gasteiger partial charge in [-0.05, 0) is 31.7 Å². The zero-order valence-electron chi connectivity index (χ0n) is 11.3. The van der Waals surface area contributed by atoms with Crippen LogP contribution in [0.2, 0.25) is 0 Å². The molecule has 3 heterocycles. The summed E-state index contributed by atoms with van der Waals surface area (Å²) in [6, 6.07) is 3.04. The van der Waals surface area contributed by atoms with Gasteiger partial charge < -0.3 is 15.0 Å². The maximum Gasteiger partial charge on any atom is 0.225 e. The van der Waals surface area contributed by atoms with Gasteiger partial charge in [0.1, 0.15) is 0 Å². The minimum absolute atomic E-state index is 0.556. The summed E-state index contributed by atoms with van der Waals surface area (Å²) in [5, 5.41) is 3.78. The molecule has 2 aliphatic rings. The molecule has 0 amide bonds. The molecule has 0 unspecified atom stereocenters. The van der Waals surface area contributed by atoms with Gasteiger partial charge in [0.25, 0.3) is 0 Å². The minimum atomic E-state index is 0.556. The first-order valence-corrected chi connectivity index (χ1v) is 7.27. The smallest absolute Gasteiger partial charge is 0.225 e. The summed E-state index contributed by atoms with van der Waals surface area (Å²) in [5.74, 6) is 0.862. The number of piperidine rings is 1. The Hall–Kier alpha value is -1.20. The van der Waals surface area contributed by atoms with E-state index in [1.165, 1.54) is 12.8 Å². The first kappa shape index (κ1) is 12.8. The molecule has 2 saturated heterocycles. The van der Waals surface area contributed by atoms with Crippen LogP contribution in [0.1, 0.15) is 25.7 Å². The standard InChI is InChI=1S/C14H22N4O/c1-3-13(17-12-4-9-19-10-5-12)11-18(8-1)14-15-6-2-7-16-14/h2,6-7,12-13,17H,1,3-5,8-11H2/t13-/m1/s1. The fraction of sp³-hybridized carbons (Fsp3) is 0.714. The largest absolute Gasteiger partial charge is 0.381 e. The summed E-state index contributed by atoms with van der Waals surface area (Å²) in [5.41, 5.74) is 0. The van der Waals surface area contributed by atoms with Crippen molar-refractivity contribution in [3.63, 3.8) is 0 Å². The second kappa shape index (κ2) is 6.30. The maximum absolute atomic E-state index is 5.41. The number of aromatic nitrogens is 2. The number of nitrogens with one attached hydrogen (secondary N) is 1. The lowest BCUT2D eigenvalue weighted by Crippen LogP contribution is -2.50. The second-order valence-electron chi connectivity index (χ2n) is 5.39. The van der Waals surface area contributed by atoms with Crippen LogP contribution in [0.3, 0.4) is 0 Å². The summed E-state index contributed by atoms with van der Waals surface area (Å²) in [6.07, 6.45) is 8.37. The highest BCUT2D eigenvalue weighted by molar-refractivity contribution is 5.29. The monoisotopic (exact) mass is 262 g/mol. The van der Waals surface area contributed by atoms with Crippen molar-refractivity contribution in [1.82, 2.24) is 15.3 Å². The summed E-state index contributed by atoms with van der Waals surface area (Å²) < 4.78 is 5.41. The fourth-order valence-corrected chi connectivity index (χ4v) is 2.95. The summed E-state index contributed by atoms with van der Waals surface area (Å²) >= 11 is 0. The third-order valence-corrected chi connectivity index (χ3v) is 3.95. The lowest BCUT2D eigenvalue weighted by molar-refractivity contribution is 0.0742. The SMILES string of the molecule is c1cnc(N2CCC[C@@H](NC3CCOCC3)C2)nc1. The van der Waals surface area contributed by atoms with E-state index in [1.807, 2.05) is 18.5 Å². The molecular formula is C14H22N4O. The van der Waals surface area contributed by atoms with Crippen molar-refractivity contribution in [3.05, 3.63) is 18.5 Å². The zero-order chi connectivity index (χ0) is 12.9. The molecule has 0 radical (unpaired) electrons. The molecule has 1 atom stereocenters. The lowest BCUT2D eigenvalue weighted by Gasteiger charge is -2.36. The minimum Gasteiger partial charge on any atom is -0.381 e. The van der Waals surface area contributed by atoms with Crippen LogP contribution >= 0.6 is 0 Å². The Morgan fingerprint density at radius 2 is 1.89 bits per heavy atom. The molecule has 19 heavy (non-hydrogen) atoms. The molecule has 0 bridgehead atoms. The topological polar surface area (TPSA) is 50.3 Å². The molecule has 2 aliphatic heterocycles. The van der Waals surface area contributed by atoms with Crippen LogP contribution in [0.5, 0.6) is 0 Å². The zero-order valence-corrected chi connectivity index (χ0v) is 11.3. The molecule has 3 rings (SSSR count). The number of hydrogen-bond donors (Lipinski definition) is 1. The molecule has 0 spiro atoms. The fourth-order valence-electron chi connectivity index (χ4n) is 2.95. The third-order valence-electron chi connectivity index (χ3n) is 3.95. The highest BCUT2D eigenvalue weighted by Gasteiger charge is 2.24. The predicted molar refractivity (Wildman–Crippen MR) is 74.2 cm³/mol. The van der Waals surface area contributed by atoms with E-state index < -0.39 is 0 Å². The Bertz CT molecular complexity index is 380. The van der Waals surface area contributed by atoms with Crippen molar-refractivity contribution in [2.24, 2.45) is 0 Å². The van der Waals surface area contributed by atoms with Gasteiger partial charge in [-0.1, -0.05) is 0 Å². The summed E-state index contributed by atoms with van der Waals surface area (Å²) in [7, 11) is 0. The van der Waals surface area contributed by atoms with Crippen LogP contribution in [0.15, 0.2) is 18.5 Å². The molecule has 0 aromatic carbocycles. The molecule has 5 heteroatoms. The highest BCUT2D eigenvalue weighted by atomic mass is 16.5.